The standard InChI is InChI=1S/C15H19ClO2/c1-3-4-5-11(2)8-12-9-14-15(10-13(12)16)18-7-6-17-14/h4-5,9-11H,3,6-8H2,1-2H3/b5-4-. The van der Waals surface area contributed by atoms with Crippen molar-refractivity contribution in [1.29, 1.82) is 0 Å². The predicted molar refractivity (Wildman–Crippen MR) is 74.7 cm³/mol. The molecule has 98 valence electrons. The Balaban J connectivity index is 2.15. The van der Waals surface area contributed by atoms with Gasteiger partial charge in [-0.15, -0.1) is 0 Å². The molecule has 0 aromatic heterocycles. The highest BCUT2D eigenvalue weighted by Crippen LogP contribution is 2.36. The molecular weight excluding hydrogens is 248 g/mol. The number of halogens is 1. The molecule has 0 N–H and O–H groups in total. The van der Waals surface area contributed by atoms with Gasteiger partial charge in [0.2, 0.25) is 0 Å². The Morgan fingerprint density at radius 1 is 1.28 bits per heavy atom. The van der Waals surface area contributed by atoms with E-state index >= 15 is 0 Å². The number of hydrogen-bond acceptors (Lipinski definition) is 2. The quantitative estimate of drug-likeness (QED) is 0.759. The van der Waals surface area contributed by atoms with Crippen molar-refractivity contribution in [2.24, 2.45) is 5.92 Å². The summed E-state index contributed by atoms with van der Waals surface area (Å²) in [7, 11) is 0. The molecule has 1 unspecified atom stereocenters. The maximum Gasteiger partial charge on any atom is 0.162 e. The lowest BCUT2D eigenvalue weighted by atomic mass is 10.00. The minimum absolute atomic E-state index is 0.477. The first kappa shape index (κ1) is 13.3. The lowest BCUT2D eigenvalue weighted by Crippen LogP contribution is -2.15. The van der Waals surface area contributed by atoms with Gasteiger partial charge in [0.05, 0.1) is 0 Å². The largest absolute Gasteiger partial charge is 0.486 e. The molecule has 1 aromatic carbocycles. The first-order chi connectivity index (χ1) is 8.70. The Labute approximate surface area is 114 Å². The number of rotatable bonds is 4. The summed E-state index contributed by atoms with van der Waals surface area (Å²) in [5.41, 5.74) is 1.12. The van der Waals surface area contributed by atoms with Crippen LogP contribution < -0.4 is 9.47 Å². The van der Waals surface area contributed by atoms with Crippen LogP contribution in [0.2, 0.25) is 5.02 Å². The average Bonchev–Trinajstić information content (AvgIpc) is 2.37. The summed E-state index contributed by atoms with van der Waals surface area (Å²) >= 11 is 6.28. The van der Waals surface area contributed by atoms with Crippen LogP contribution in [0.3, 0.4) is 0 Å². The zero-order chi connectivity index (χ0) is 13.0. The van der Waals surface area contributed by atoms with Gasteiger partial charge in [-0.05, 0) is 30.4 Å². The first-order valence-corrected chi connectivity index (χ1v) is 6.83. The van der Waals surface area contributed by atoms with Crippen molar-refractivity contribution in [1.82, 2.24) is 0 Å². The molecule has 3 heteroatoms. The fourth-order valence-electron chi connectivity index (χ4n) is 2.05. The molecule has 1 heterocycles. The van der Waals surface area contributed by atoms with Gasteiger partial charge in [-0.3, -0.25) is 0 Å². The van der Waals surface area contributed by atoms with E-state index in [9.17, 15) is 0 Å². The molecule has 0 saturated carbocycles. The van der Waals surface area contributed by atoms with Gasteiger partial charge in [0.15, 0.2) is 11.5 Å². The summed E-state index contributed by atoms with van der Waals surface area (Å²) in [6.45, 7) is 5.54. The van der Waals surface area contributed by atoms with Gasteiger partial charge in [0, 0.05) is 11.1 Å². The minimum atomic E-state index is 0.477. The van der Waals surface area contributed by atoms with Gasteiger partial charge < -0.3 is 9.47 Å². The van der Waals surface area contributed by atoms with Gasteiger partial charge in [-0.2, -0.15) is 0 Å². The second-order valence-corrected chi connectivity index (χ2v) is 5.01. The molecule has 2 nitrogen and oxygen atoms in total. The molecule has 1 aliphatic rings. The second kappa shape index (κ2) is 6.14. The number of hydrogen-bond donors (Lipinski definition) is 0. The van der Waals surface area contributed by atoms with Crippen molar-refractivity contribution >= 4 is 11.6 Å². The molecule has 0 radical (unpaired) electrons. The highest BCUT2D eigenvalue weighted by Gasteiger charge is 2.15. The smallest absolute Gasteiger partial charge is 0.162 e. The van der Waals surface area contributed by atoms with E-state index in [0.717, 1.165) is 34.9 Å². The zero-order valence-corrected chi connectivity index (χ0v) is 11.7. The molecule has 2 rings (SSSR count). The average molecular weight is 267 g/mol. The van der Waals surface area contributed by atoms with Crippen LogP contribution in [0.1, 0.15) is 25.8 Å². The molecule has 1 aromatic rings. The minimum Gasteiger partial charge on any atom is -0.486 e. The van der Waals surface area contributed by atoms with Gasteiger partial charge in [-0.1, -0.05) is 37.6 Å². The van der Waals surface area contributed by atoms with Crippen LogP contribution >= 0.6 is 11.6 Å². The van der Waals surface area contributed by atoms with Crippen molar-refractivity contribution in [3.8, 4) is 11.5 Å². The molecule has 0 saturated heterocycles. The van der Waals surface area contributed by atoms with E-state index in [0.29, 0.717) is 19.1 Å². The topological polar surface area (TPSA) is 18.5 Å². The predicted octanol–water partition coefficient (Wildman–Crippen LogP) is 4.26. The van der Waals surface area contributed by atoms with Crippen molar-refractivity contribution in [2.45, 2.75) is 26.7 Å². The third-order valence-corrected chi connectivity index (χ3v) is 3.31. The van der Waals surface area contributed by atoms with E-state index in [4.69, 9.17) is 21.1 Å². The summed E-state index contributed by atoms with van der Waals surface area (Å²) in [6, 6.07) is 3.87. The van der Waals surface area contributed by atoms with Crippen molar-refractivity contribution in [3.63, 3.8) is 0 Å². The number of benzene rings is 1. The normalized spacial score (nSPS) is 15.9. The molecule has 0 fully saturated rings. The van der Waals surface area contributed by atoms with Crippen LogP contribution in [0.25, 0.3) is 0 Å². The SMILES string of the molecule is CC/C=C\C(C)Cc1cc2c(cc1Cl)OCCO2. The summed E-state index contributed by atoms with van der Waals surface area (Å²) in [6.07, 6.45) is 6.41. The van der Waals surface area contributed by atoms with Crippen molar-refractivity contribution < 1.29 is 9.47 Å². The maximum absolute atomic E-state index is 6.28. The van der Waals surface area contributed by atoms with Crippen LogP contribution in [-0.2, 0) is 6.42 Å². The van der Waals surface area contributed by atoms with Crippen LogP contribution in [0.5, 0.6) is 11.5 Å². The molecule has 0 spiro atoms. The number of ether oxygens (including phenoxy) is 2. The Morgan fingerprint density at radius 3 is 2.61 bits per heavy atom. The summed E-state index contributed by atoms with van der Waals surface area (Å²) in [5, 5.41) is 0.760. The Hall–Kier alpha value is -1.15. The summed E-state index contributed by atoms with van der Waals surface area (Å²) < 4.78 is 11.1. The van der Waals surface area contributed by atoms with E-state index in [2.05, 4.69) is 26.0 Å². The lowest BCUT2D eigenvalue weighted by Gasteiger charge is -2.20. The van der Waals surface area contributed by atoms with E-state index < -0.39 is 0 Å². The molecule has 0 bridgehead atoms. The molecule has 1 atom stereocenters. The van der Waals surface area contributed by atoms with Crippen LogP contribution in [0, 0.1) is 5.92 Å². The fraction of sp³-hybridized carbons (Fsp3) is 0.467. The van der Waals surface area contributed by atoms with Crippen molar-refractivity contribution in [2.75, 3.05) is 13.2 Å². The van der Waals surface area contributed by atoms with Crippen LogP contribution in [-0.4, -0.2) is 13.2 Å². The maximum atomic E-state index is 6.28. The van der Waals surface area contributed by atoms with E-state index in [1.165, 1.54) is 0 Å². The zero-order valence-electron chi connectivity index (χ0n) is 10.9. The second-order valence-electron chi connectivity index (χ2n) is 4.61. The van der Waals surface area contributed by atoms with Crippen LogP contribution in [0.4, 0.5) is 0 Å². The molecular formula is C15H19ClO2. The Morgan fingerprint density at radius 2 is 1.94 bits per heavy atom. The lowest BCUT2D eigenvalue weighted by molar-refractivity contribution is 0.171. The van der Waals surface area contributed by atoms with Gasteiger partial charge in [0.25, 0.3) is 0 Å². The summed E-state index contributed by atoms with van der Waals surface area (Å²) in [4.78, 5) is 0. The Kier molecular flexibility index (Phi) is 4.54. The van der Waals surface area contributed by atoms with Crippen LogP contribution in [0.15, 0.2) is 24.3 Å². The van der Waals surface area contributed by atoms with Crippen molar-refractivity contribution in [3.05, 3.63) is 34.9 Å². The van der Waals surface area contributed by atoms with E-state index in [1.807, 2.05) is 12.1 Å². The third kappa shape index (κ3) is 3.20. The fourth-order valence-corrected chi connectivity index (χ4v) is 2.28. The van der Waals surface area contributed by atoms with Gasteiger partial charge >= 0.3 is 0 Å². The number of allylic oxidation sites excluding steroid dienone is 2. The Bertz CT molecular complexity index is 440. The molecule has 0 aliphatic carbocycles. The first-order valence-electron chi connectivity index (χ1n) is 6.45. The summed E-state index contributed by atoms with van der Waals surface area (Å²) in [5.74, 6) is 2.05. The third-order valence-electron chi connectivity index (χ3n) is 2.95. The van der Waals surface area contributed by atoms with E-state index in [-0.39, 0.29) is 0 Å². The highest BCUT2D eigenvalue weighted by molar-refractivity contribution is 6.31. The molecule has 0 amide bonds. The van der Waals surface area contributed by atoms with Gasteiger partial charge in [-0.25, -0.2) is 0 Å². The molecule has 1 aliphatic heterocycles. The highest BCUT2D eigenvalue weighted by atomic mass is 35.5. The monoisotopic (exact) mass is 266 g/mol. The van der Waals surface area contributed by atoms with E-state index in [1.54, 1.807) is 0 Å². The molecule has 18 heavy (non-hydrogen) atoms. The number of fused-ring (bicyclic) bond motifs is 1. The van der Waals surface area contributed by atoms with Gasteiger partial charge in [0.1, 0.15) is 13.2 Å².